The highest BCUT2D eigenvalue weighted by molar-refractivity contribution is 9.09. The van der Waals surface area contributed by atoms with Crippen molar-refractivity contribution < 1.29 is 14.4 Å². The summed E-state index contributed by atoms with van der Waals surface area (Å²) in [6.45, 7) is 1.49. The van der Waals surface area contributed by atoms with E-state index < -0.39 is 4.95 Å². The second-order valence-electron chi connectivity index (χ2n) is 4.20. The van der Waals surface area contributed by atoms with Crippen LogP contribution in [0, 0.1) is 0 Å². The number of carbonyl (C=O) groups excluding carboxylic acids is 3. The lowest BCUT2D eigenvalue weighted by molar-refractivity contribution is -0.117. The summed E-state index contributed by atoms with van der Waals surface area (Å²) < 4.78 is 0. The van der Waals surface area contributed by atoms with Crippen LogP contribution < -0.4 is 0 Å². The number of alkyl halides is 1. The second-order valence-corrected chi connectivity index (χ2v) is 5.26. The quantitative estimate of drug-likeness (QED) is 0.487. The zero-order valence-electron chi connectivity index (χ0n) is 9.85. The van der Waals surface area contributed by atoms with Crippen LogP contribution in [0.4, 0.5) is 0 Å². The van der Waals surface area contributed by atoms with Gasteiger partial charge >= 0.3 is 0 Å². The highest BCUT2D eigenvalue weighted by Crippen LogP contribution is 2.28. The van der Waals surface area contributed by atoms with Gasteiger partial charge in [0.1, 0.15) is 5.78 Å². The Morgan fingerprint density at radius 2 is 1.72 bits per heavy atom. The fourth-order valence-electron chi connectivity index (χ4n) is 1.91. The number of fused-ring (bicyclic) bond motifs is 1. The Morgan fingerprint density at radius 1 is 1.22 bits per heavy atom. The molecule has 0 N–H and O–H groups in total. The average molecular weight is 310 g/mol. The maximum atomic E-state index is 12.1. The van der Waals surface area contributed by atoms with Gasteiger partial charge in [0.05, 0.1) is 16.1 Å². The summed E-state index contributed by atoms with van der Waals surface area (Å²) >= 11 is 3.30. The van der Waals surface area contributed by atoms with Gasteiger partial charge in [0, 0.05) is 6.42 Å². The highest BCUT2D eigenvalue weighted by Gasteiger charge is 2.38. The highest BCUT2D eigenvalue weighted by atomic mass is 79.9. The van der Waals surface area contributed by atoms with Crippen molar-refractivity contribution in [2.75, 3.05) is 0 Å². The van der Waals surface area contributed by atoms with E-state index in [1.54, 1.807) is 24.3 Å². The molecule has 0 aliphatic carbocycles. The topological polar surface area (TPSA) is 54.5 Å². The van der Waals surface area contributed by atoms with E-state index in [4.69, 9.17) is 0 Å². The van der Waals surface area contributed by atoms with Crippen molar-refractivity contribution in [2.45, 2.75) is 24.7 Å². The molecule has 0 spiro atoms. The van der Waals surface area contributed by atoms with Gasteiger partial charge in [-0.05, 0) is 25.5 Å². The van der Waals surface area contributed by atoms with Crippen LogP contribution in [0.1, 0.15) is 40.5 Å². The molecule has 0 radical (unpaired) electrons. The van der Waals surface area contributed by atoms with Gasteiger partial charge in [0.15, 0.2) is 0 Å². The normalized spacial score (nSPS) is 15.8. The Bertz CT molecular complexity index is 492. The lowest BCUT2D eigenvalue weighted by Crippen LogP contribution is -2.36. The molecule has 1 unspecified atom stereocenters. The minimum absolute atomic E-state index is 0.0380. The molecule has 2 amide bonds. The van der Waals surface area contributed by atoms with Crippen molar-refractivity contribution >= 4 is 33.5 Å². The fourth-order valence-corrected chi connectivity index (χ4v) is 2.51. The number of ketones is 1. The summed E-state index contributed by atoms with van der Waals surface area (Å²) in [5, 5.41) is 0. The number of amides is 2. The van der Waals surface area contributed by atoms with Crippen LogP contribution in [0.3, 0.4) is 0 Å². The number of benzene rings is 1. The van der Waals surface area contributed by atoms with Gasteiger partial charge in [-0.15, -0.1) is 0 Å². The molecule has 4 nitrogen and oxygen atoms in total. The molecule has 1 atom stereocenters. The number of hydrogen-bond donors (Lipinski definition) is 0. The summed E-state index contributed by atoms with van der Waals surface area (Å²) in [5.74, 6) is -0.571. The van der Waals surface area contributed by atoms with Gasteiger partial charge in [0.2, 0.25) is 0 Å². The van der Waals surface area contributed by atoms with Crippen LogP contribution in [-0.2, 0) is 4.79 Å². The van der Waals surface area contributed by atoms with Crippen LogP contribution in [0.25, 0.3) is 0 Å². The Morgan fingerprint density at radius 3 is 2.17 bits per heavy atom. The first-order chi connectivity index (χ1) is 8.52. The van der Waals surface area contributed by atoms with E-state index in [0.29, 0.717) is 24.0 Å². The van der Waals surface area contributed by atoms with Gasteiger partial charge in [-0.1, -0.05) is 28.1 Å². The molecule has 94 valence electrons. The lowest BCUT2D eigenvalue weighted by Gasteiger charge is -2.20. The molecule has 0 aromatic heterocycles. The number of carbonyl (C=O) groups is 3. The zero-order valence-corrected chi connectivity index (χ0v) is 11.4. The summed E-state index contributed by atoms with van der Waals surface area (Å²) in [6, 6.07) is 6.74. The first-order valence-electron chi connectivity index (χ1n) is 5.63. The minimum Gasteiger partial charge on any atom is -0.300 e. The smallest absolute Gasteiger partial charge is 0.262 e. The molecule has 1 aliphatic rings. The largest absolute Gasteiger partial charge is 0.300 e. The maximum Gasteiger partial charge on any atom is 0.262 e. The van der Waals surface area contributed by atoms with Gasteiger partial charge in [0.25, 0.3) is 11.8 Å². The minimum atomic E-state index is -0.436. The van der Waals surface area contributed by atoms with Gasteiger partial charge in [-0.3, -0.25) is 14.5 Å². The molecule has 5 heteroatoms. The molecule has 0 saturated heterocycles. The zero-order chi connectivity index (χ0) is 13.3. The van der Waals surface area contributed by atoms with Crippen molar-refractivity contribution in [1.82, 2.24) is 4.90 Å². The third-order valence-corrected chi connectivity index (χ3v) is 3.71. The Hall–Kier alpha value is -1.49. The van der Waals surface area contributed by atoms with E-state index in [2.05, 4.69) is 15.9 Å². The van der Waals surface area contributed by atoms with E-state index in [0.717, 1.165) is 0 Å². The van der Waals surface area contributed by atoms with Crippen molar-refractivity contribution in [1.29, 1.82) is 0 Å². The molecule has 2 rings (SSSR count). The van der Waals surface area contributed by atoms with E-state index in [9.17, 15) is 14.4 Å². The molecule has 1 heterocycles. The van der Waals surface area contributed by atoms with Gasteiger partial charge in [-0.2, -0.15) is 0 Å². The van der Waals surface area contributed by atoms with Crippen molar-refractivity contribution in [2.24, 2.45) is 0 Å². The molecule has 0 bridgehead atoms. The summed E-state index contributed by atoms with van der Waals surface area (Å²) in [6.07, 6.45) is 0.768. The first kappa shape index (κ1) is 13.0. The van der Waals surface area contributed by atoms with Crippen molar-refractivity contribution in [3.05, 3.63) is 35.4 Å². The molecule has 1 aromatic rings. The molecule has 0 fully saturated rings. The fraction of sp³-hybridized carbons (Fsp3) is 0.308. The second kappa shape index (κ2) is 5.02. The van der Waals surface area contributed by atoms with Crippen LogP contribution in [-0.4, -0.2) is 27.4 Å². The number of Topliss-reactive ketones (excluding diaryl/α,β-unsaturated/α-hetero) is 1. The van der Waals surface area contributed by atoms with Gasteiger partial charge in [-0.25, -0.2) is 0 Å². The van der Waals surface area contributed by atoms with E-state index >= 15 is 0 Å². The molecule has 1 aromatic carbocycles. The summed E-state index contributed by atoms with van der Waals surface area (Å²) in [4.78, 5) is 35.8. The molecular formula is C13H12BrNO3. The van der Waals surface area contributed by atoms with Crippen molar-refractivity contribution in [3.63, 3.8) is 0 Å². The van der Waals surface area contributed by atoms with Crippen LogP contribution in [0.15, 0.2) is 24.3 Å². The number of nitrogens with zero attached hydrogens (tertiary/aromatic N) is 1. The maximum absolute atomic E-state index is 12.1. The number of rotatable bonds is 4. The molecule has 1 aliphatic heterocycles. The van der Waals surface area contributed by atoms with Crippen LogP contribution >= 0.6 is 15.9 Å². The average Bonchev–Trinajstić information content (AvgIpc) is 2.60. The Labute approximate surface area is 113 Å². The third kappa shape index (κ3) is 2.22. The van der Waals surface area contributed by atoms with Crippen LogP contribution in [0.5, 0.6) is 0 Å². The molecule has 18 heavy (non-hydrogen) atoms. The predicted molar refractivity (Wildman–Crippen MR) is 69.6 cm³/mol. The van der Waals surface area contributed by atoms with Crippen molar-refractivity contribution in [3.8, 4) is 0 Å². The lowest BCUT2D eigenvalue weighted by atomic mass is 10.1. The predicted octanol–water partition coefficient (Wildman–Crippen LogP) is 2.37. The third-order valence-electron chi connectivity index (χ3n) is 2.84. The van der Waals surface area contributed by atoms with Crippen LogP contribution in [0.2, 0.25) is 0 Å². The van der Waals surface area contributed by atoms with E-state index in [-0.39, 0.29) is 17.6 Å². The summed E-state index contributed by atoms with van der Waals surface area (Å²) in [7, 11) is 0. The summed E-state index contributed by atoms with van der Waals surface area (Å²) in [5.41, 5.74) is 0.851. The monoisotopic (exact) mass is 309 g/mol. The number of imide groups is 1. The first-order valence-corrected chi connectivity index (χ1v) is 6.54. The SMILES string of the molecule is CC(=O)CCC(Br)N1C(=O)c2ccccc2C1=O. The van der Waals surface area contributed by atoms with E-state index in [1.165, 1.54) is 11.8 Å². The molecular weight excluding hydrogens is 298 g/mol. The standard InChI is InChI=1S/C13H12BrNO3/c1-8(16)6-7-11(14)15-12(17)9-4-2-3-5-10(9)13(15)18/h2-5,11H,6-7H2,1H3. The number of hydrogen-bond acceptors (Lipinski definition) is 3. The molecule has 0 saturated carbocycles. The Kier molecular flexibility index (Phi) is 3.61. The Balaban J connectivity index is 2.20. The van der Waals surface area contributed by atoms with Gasteiger partial charge < -0.3 is 4.79 Å². The van der Waals surface area contributed by atoms with E-state index in [1.807, 2.05) is 0 Å². The number of halogens is 1.